The minimum atomic E-state index is 0.793. The molecule has 1 atom stereocenters. The molecule has 0 aromatic carbocycles. The summed E-state index contributed by atoms with van der Waals surface area (Å²) < 4.78 is 0. The van der Waals surface area contributed by atoms with Crippen molar-refractivity contribution in [3.05, 3.63) is 24.8 Å². The molecule has 0 aliphatic carbocycles. The molecule has 0 saturated heterocycles. The molecule has 0 aliphatic heterocycles. The SMILES string of the molecule is C=CCC(CC)CCC=CCC(C)C. The first kappa shape index (κ1) is 13.5. The molecule has 1 unspecified atom stereocenters. The fourth-order valence-corrected chi connectivity index (χ4v) is 1.54. The largest absolute Gasteiger partial charge is 0.103 e. The van der Waals surface area contributed by atoms with Crippen LogP contribution in [0.5, 0.6) is 0 Å². The molecule has 0 aromatic heterocycles. The Kier molecular flexibility index (Phi) is 8.72. The Bertz CT molecular complexity index is 153. The van der Waals surface area contributed by atoms with E-state index in [9.17, 15) is 0 Å². The lowest BCUT2D eigenvalue weighted by molar-refractivity contribution is 0.480. The van der Waals surface area contributed by atoms with E-state index in [1.54, 1.807) is 0 Å². The highest BCUT2D eigenvalue weighted by molar-refractivity contribution is 4.84. The molecule has 0 aromatic rings. The van der Waals surface area contributed by atoms with Gasteiger partial charge in [-0.2, -0.15) is 0 Å². The van der Waals surface area contributed by atoms with Crippen LogP contribution in [0.15, 0.2) is 24.8 Å². The molecule has 0 radical (unpaired) electrons. The third-order valence-electron chi connectivity index (χ3n) is 2.59. The van der Waals surface area contributed by atoms with E-state index < -0.39 is 0 Å². The van der Waals surface area contributed by atoms with Gasteiger partial charge in [-0.05, 0) is 37.5 Å². The average molecular weight is 194 g/mol. The number of rotatable bonds is 8. The van der Waals surface area contributed by atoms with Gasteiger partial charge in [0.1, 0.15) is 0 Å². The Balaban J connectivity index is 3.49. The van der Waals surface area contributed by atoms with Gasteiger partial charge in [-0.15, -0.1) is 6.58 Å². The Morgan fingerprint density at radius 1 is 1.14 bits per heavy atom. The zero-order valence-electron chi connectivity index (χ0n) is 10.1. The van der Waals surface area contributed by atoms with Gasteiger partial charge in [0.15, 0.2) is 0 Å². The van der Waals surface area contributed by atoms with E-state index in [2.05, 4.69) is 39.5 Å². The summed E-state index contributed by atoms with van der Waals surface area (Å²) in [7, 11) is 0. The van der Waals surface area contributed by atoms with Gasteiger partial charge in [0, 0.05) is 0 Å². The maximum Gasteiger partial charge on any atom is -0.0325 e. The monoisotopic (exact) mass is 194 g/mol. The first-order chi connectivity index (χ1) is 6.70. The Hall–Kier alpha value is -0.520. The van der Waals surface area contributed by atoms with E-state index >= 15 is 0 Å². The van der Waals surface area contributed by atoms with Crippen molar-refractivity contribution < 1.29 is 0 Å². The first-order valence-electron chi connectivity index (χ1n) is 5.96. The Morgan fingerprint density at radius 3 is 2.36 bits per heavy atom. The lowest BCUT2D eigenvalue weighted by atomic mass is 9.96. The summed E-state index contributed by atoms with van der Waals surface area (Å²) in [5.41, 5.74) is 0. The van der Waals surface area contributed by atoms with Gasteiger partial charge in [-0.25, -0.2) is 0 Å². The van der Waals surface area contributed by atoms with Crippen LogP contribution in [0.2, 0.25) is 0 Å². The molecule has 0 N–H and O–H groups in total. The molecule has 0 nitrogen and oxygen atoms in total. The smallest absolute Gasteiger partial charge is 0.0325 e. The highest BCUT2D eigenvalue weighted by Gasteiger charge is 2.01. The van der Waals surface area contributed by atoms with Crippen molar-refractivity contribution in [2.75, 3.05) is 0 Å². The zero-order chi connectivity index (χ0) is 10.8. The van der Waals surface area contributed by atoms with Crippen LogP contribution in [0.3, 0.4) is 0 Å². The number of hydrogen-bond donors (Lipinski definition) is 0. The van der Waals surface area contributed by atoms with Gasteiger partial charge in [0.25, 0.3) is 0 Å². The molecule has 0 bridgehead atoms. The minimum absolute atomic E-state index is 0.793. The Labute approximate surface area is 90.1 Å². The van der Waals surface area contributed by atoms with Gasteiger partial charge in [-0.3, -0.25) is 0 Å². The lowest BCUT2D eigenvalue weighted by Gasteiger charge is -2.09. The van der Waals surface area contributed by atoms with Crippen molar-refractivity contribution in [2.24, 2.45) is 11.8 Å². The first-order valence-corrected chi connectivity index (χ1v) is 5.96. The fourth-order valence-electron chi connectivity index (χ4n) is 1.54. The van der Waals surface area contributed by atoms with Crippen LogP contribution in [0.4, 0.5) is 0 Å². The standard InChI is InChI=1S/C14H26/c1-5-10-14(6-2)12-9-7-8-11-13(3)4/h5,7-8,13-14H,1,6,9-12H2,2-4H3. The molecule has 0 spiro atoms. The second-order valence-corrected chi connectivity index (χ2v) is 4.48. The molecule has 0 saturated carbocycles. The van der Waals surface area contributed by atoms with Crippen LogP contribution in [-0.2, 0) is 0 Å². The van der Waals surface area contributed by atoms with Crippen LogP contribution in [0, 0.1) is 11.8 Å². The number of hydrogen-bond acceptors (Lipinski definition) is 0. The second-order valence-electron chi connectivity index (χ2n) is 4.48. The van der Waals surface area contributed by atoms with Crippen molar-refractivity contribution in [3.8, 4) is 0 Å². The molecular formula is C14H26. The summed E-state index contributed by atoms with van der Waals surface area (Å²) in [4.78, 5) is 0. The summed E-state index contributed by atoms with van der Waals surface area (Å²) in [6.07, 6.45) is 12.9. The average Bonchev–Trinajstić information content (AvgIpc) is 2.15. The van der Waals surface area contributed by atoms with Crippen LogP contribution >= 0.6 is 0 Å². The molecule has 0 fully saturated rings. The molecule has 0 amide bonds. The topological polar surface area (TPSA) is 0 Å². The molecule has 82 valence electrons. The minimum Gasteiger partial charge on any atom is -0.103 e. The molecule has 0 aliphatic rings. The normalized spacial score (nSPS) is 13.7. The van der Waals surface area contributed by atoms with Crippen molar-refractivity contribution >= 4 is 0 Å². The summed E-state index contributed by atoms with van der Waals surface area (Å²) >= 11 is 0. The fraction of sp³-hybridized carbons (Fsp3) is 0.714. The zero-order valence-corrected chi connectivity index (χ0v) is 10.1. The predicted molar refractivity (Wildman–Crippen MR) is 66.4 cm³/mol. The Morgan fingerprint density at radius 2 is 1.86 bits per heavy atom. The van der Waals surface area contributed by atoms with Crippen LogP contribution in [0.1, 0.15) is 52.9 Å². The molecule has 14 heavy (non-hydrogen) atoms. The van der Waals surface area contributed by atoms with Crippen molar-refractivity contribution in [3.63, 3.8) is 0 Å². The molecule has 0 heterocycles. The van der Waals surface area contributed by atoms with Gasteiger partial charge >= 0.3 is 0 Å². The van der Waals surface area contributed by atoms with Gasteiger partial charge in [0.05, 0.1) is 0 Å². The van der Waals surface area contributed by atoms with Crippen molar-refractivity contribution in [1.29, 1.82) is 0 Å². The second kappa shape index (κ2) is 9.05. The van der Waals surface area contributed by atoms with Crippen molar-refractivity contribution in [2.45, 2.75) is 52.9 Å². The van der Waals surface area contributed by atoms with E-state index in [0.29, 0.717) is 0 Å². The van der Waals surface area contributed by atoms with Crippen molar-refractivity contribution in [1.82, 2.24) is 0 Å². The third kappa shape index (κ3) is 8.10. The summed E-state index contributed by atoms with van der Waals surface area (Å²) in [6, 6.07) is 0. The maximum absolute atomic E-state index is 3.80. The summed E-state index contributed by atoms with van der Waals surface area (Å²) in [5, 5.41) is 0. The van der Waals surface area contributed by atoms with E-state index in [1.165, 1.54) is 32.1 Å². The quantitative estimate of drug-likeness (QED) is 0.478. The van der Waals surface area contributed by atoms with E-state index in [0.717, 1.165) is 11.8 Å². The molecular weight excluding hydrogens is 168 g/mol. The number of allylic oxidation sites excluding steroid dienone is 3. The van der Waals surface area contributed by atoms with Crippen LogP contribution in [-0.4, -0.2) is 0 Å². The highest BCUT2D eigenvalue weighted by atomic mass is 14.1. The van der Waals surface area contributed by atoms with Gasteiger partial charge < -0.3 is 0 Å². The third-order valence-corrected chi connectivity index (χ3v) is 2.59. The maximum atomic E-state index is 3.80. The van der Waals surface area contributed by atoms with Gasteiger partial charge in [0.2, 0.25) is 0 Å². The van der Waals surface area contributed by atoms with E-state index in [-0.39, 0.29) is 0 Å². The van der Waals surface area contributed by atoms with Gasteiger partial charge in [-0.1, -0.05) is 45.4 Å². The molecule has 0 rings (SSSR count). The highest BCUT2D eigenvalue weighted by Crippen LogP contribution is 2.16. The van der Waals surface area contributed by atoms with Crippen LogP contribution in [0.25, 0.3) is 0 Å². The summed E-state index contributed by atoms with van der Waals surface area (Å²) in [6.45, 7) is 10.6. The predicted octanol–water partition coefficient (Wildman–Crippen LogP) is 4.97. The lowest BCUT2D eigenvalue weighted by Crippen LogP contribution is -1.95. The van der Waals surface area contributed by atoms with E-state index in [4.69, 9.17) is 0 Å². The van der Waals surface area contributed by atoms with E-state index in [1.807, 2.05) is 6.08 Å². The molecule has 0 heteroatoms. The summed E-state index contributed by atoms with van der Waals surface area (Å²) in [5.74, 6) is 1.64. The van der Waals surface area contributed by atoms with Crippen LogP contribution < -0.4 is 0 Å².